The number of methoxy groups -OCH3 is 1. The number of aromatic nitrogens is 1. The largest absolute Gasteiger partial charge is 0.465 e. The van der Waals surface area contributed by atoms with E-state index < -0.39 is 18.0 Å². The summed E-state index contributed by atoms with van der Waals surface area (Å²) in [7, 11) is 1.31. The van der Waals surface area contributed by atoms with Crippen LogP contribution >= 0.6 is 11.8 Å². The van der Waals surface area contributed by atoms with Crippen molar-refractivity contribution in [2.24, 2.45) is 0 Å². The van der Waals surface area contributed by atoms with Gasteiger partial charge in [0.1, 0.15) is 12.6 Å². The molecule has 2 atom stereocenters. The lowest BCUT2D eigenvalue weighted by Crippen LogP contribution is -2.46. The van der Waals surface area contributed by atoms with E-state index in [9.17, 15) is 14.4 Å². The Balaban J connectivity index is 1.60. The number of ether oxygens (including phenoxy) is 2. The lowest BCUT2D eigenvalue weighted by Gasteiger charge is -2.29. The third-order valence-electron chi connectivity index (χ3n) is 5.68. The van der Waals surface area contributed by atoms with Crippen LogP contribution in [0.15, 0.2) is 24.3 Å². The molecule has 29 heavy (non-hydrogen) atoms. The topological polar surface area (TPSA) is 85.8 Å². The van der Waals surface area contributed by atoms with Crippen molar-refractivity contribution in [3.8, 4) is 0 Å². The highest BCUT2D eigenvalue weighted by Crippen LogP contribution is 2.47. The number of rotatable bonds is 4. The quantitative estimate of drug-likeness (QED) is 0.711. The molecule has 0 aliphatic carbocycles. The average Bonchev–Trinajstić information content (AvgIpc) is 3.21. The molecule has 0 N–H and O–H groups in total. The van der Waals surface area contributed by atoms with E-state index in [1.54, 1.807) is 16.7 Å². The van der Waals surface area contributed by atoms with Gasteiger partial charge in [0.05, 0.1) is 28.8 Å². The molecule has 0 radical (unpaired) electrons. The first-order valence-electron chi connectivity index (χ1n) is 9.45. The monoisotopic (exact) mass is 414 g/mol. The highest BCUT2D eigenvalue weighted by atomic mass is 32.2. The zero-order valence-electron chi connectivity index (χ0n) is 16.6. The van der Waals surface area contributed by atoms with Crippen molar-refractivity contribution in [1.29, 1.82) is 0 Å². The van der Waals surface area contributed by atoms with Crippen molar-refractivity contribution in [2.75, 3.05) is 12.9 Å². The first kappa shape index (κ1) is 19.7. The van der Waals surface area contributed by atoms with E-state index in [0.29, 0.717) is 28.9 Å². The summed E-state index contributed by atoms with van der Waals surface area (Å²) in [5, 5.41) is 0.841. The molecule has 8 heteroatoms. The highest BCUT2D eigenvalue weighted by molar-refractivity contribution is 8.01. The minimum atomic E-state index is -0.608. The van der Waals surface area contributed by atoms with Crippen molar-refractivity contribution in [2.45, 2.75) is 44.2 Å². The van der Waals surface area contributed by atoms with Crippen LogP contribution in [0.25, 0.3) is 10.9 Å². The molecule has 2 fully saturated rings. The number of amides is 1. The standard InChI is InChI=1S/C21H22N2O5S/c1-12-13-6-4-5-7-14(13)22-15(18(12)20(26)27-3)10-28-19(25)16-11-29-21(2)9-8-17(24)23(16)21/h4-7,16H,8-11H2,1-3H3/t16-,21-/m1/s1. The summed E-state index contributed by atoms with van der Waals surface area (Å²) in [4.78, 5) is 43.3. The van der Waals surface area contributed by atoms with Crippen LogP contribution in [-0.2, 0) is 25.7 Å². The number of esters is 2. The van der Waals surface area contributed by atoms with Crippen LogP contribution in [-0.4, -0.2) is 51.5 Å². The molecule has 2 aromatic rings. The van der Waals surface area contributed by atoms with E-state index in [2.05, 4.69) is 4.98 Å². The van der Waals surface area contributed by atoms with Crippen molar-refractivity contribution >= 4 is 40.5 Å². The maximum atomic E-state index is 12.8. The predicted molar refractivity (Wildman–Crippen MR) is 108 cm³/mol. The molecule has 0 saturated carbocycles. The molecule has 4 rings (SSSR count). The molecule has 2 saturated heterocycles. The molecule has 0 unspecified atom stereocenters. The van der Waals surface area contributed by atoms with Crippen molar-refractivity contribution in [1.82, 2.24) is 9.88 Å². The molecular formula is C21H22N2O5S. The van der Waals surface area contributed by atoms with Gasteiger partial charge in [0.2, 0.25) is 5.91 Å². The Bertz CT molecular complexity index is 1020. The van der Waals surface area contributed by atoms with E-state index in [1.807, 2.05) is 38.1 Å². The average molecular weight is 414 g/mol. The second-order valence-electron chi connectivity index (χ2n) is 7.44. The highest BCUT2D eigenvalue weighted by Gasteiger charge is 2.53. The van der Waals surface area contributed by atoms with E-state index in [-0.39, 0.29) is 17.4 Å². The first-order valence-corrected chi connectivity index (χ1v) is 10.4. The minimum absolute atomic E-state index is 0.0191. The zero-order chi connectivity index (χ0) is 20.8. The Labute approximate surface area is 172 Å². The van der Waals surface area contributed by atoms with E-state index in [1.165, 1.54) is 7.11 Å². The summed E-state index contributed by atoms with van der Waals surface area (Å²) >= 11 is 1.61. The third kappa shape index (κ3) is 3.25. The van der Waals surface area contributed by atoms with Gasteiger partial charge in [-0.05, 0) is 31.9 Å². The number of pyridine rings is 1. The van der Waals surface area contributed by atoms with Crippen LogP contribution < -0.4 is 0 Å². The van der Waals surface area contributed by atoms with Gasteiger partial charge in [0, 0.05) is 17.6 Å². The number of benzene rings is 1. The Morgan fingerprint density at radius 3 is 2.86 bits per heavy atom. The lowest BCUT2D eigenvalue weighted by molar-refractivity contribution is -0.154. The number of para-hydroxylation sites is 1. The summed E-state index contributed by atoms with van der Waals surface area (Å²) in [5.74, 6) is -0.505. The summed E-state index contributed by atoms with van der Waals surface area (Å²) in [5.41, 5.74) is 2.10. The second-order valence-corrected chi connectivity index (χ2v) is 8.94. The van der Waals surface area contributed by atoms with E-state index in [0.717, 1.165) is 17.4 Å². The lowest BCUT2D eigenvalue weighted by atomic mass is 10.0. The number of fused-ring (bicyclic) bond motifs is 2. The number of carbonyl (C=O) groups is 3. The first-order chi connectivity index (χ1) is 13.9. The van der Waals surface area contributed by atoms with Crippen LogP contribution in [0.1, 0.15) is 41.4 Å². The molecule has 0 spiro atoms. The minimum Gasteiger partial charge on any atom is -0.465 e. The number of hydrogen-bond acceptors (Lipinski definition) is 7. The molecular weight excluding hydrogens is 392 g/mol. The fraction of sp³-hybridized carbons (Fsp3) is 0.429. The molecule has 2 aliphatic heterocycles. The van der Waals surface area contributed by atoms with E-state index in [4.69, 9.17) is 9.47 Å². The smallest absolute Gasteiger partial charge is 0.340 e. The molecule has 1 aromatic heterocycles. The molecule has 1 aromatic carbocycles. The molecule has 152 valence electrons. The maximum Gasteiger partial charge on any atom is 0.340 e. The summed E-state index contributed by atoms with van der Waals surface area (Å²) in [6, 6.07) is 6.85. The van der Waals surface area contributed by atoms with Crippen LogP contribution in [0.3, 0.4) is 0 Å². The zero-order valence-corrected chi connectivity index (χ0v) is 17.4. The van der Waals surface area contributed by atoms with Crippen molar-refractivity contribution < 1.29 is 23.9 Å². The normalized spacial score (nSPS) is 23.3. The van der Waals surface area contributed by atoms with Gasteiger partial charge in [0.15, 0.2) is 0 Å². The molecule has 0 bridgehead atoms. The van der Waals surface area contributed by atoms with Gasteiger partial charge in [-0.15, -0.1) is 11.8 Å². The number of hydrogen-bond donors (Lipinski definition) is 0. The van der Waals surface area contributed by atoms with Gasteiger partial charge in [-0.1, -0.05) is 18.2 Å². The fourth-order valence-electron chi connectivity index (χ4n) is 4.15. The summed E-state index contributed by atoms with van der Waals surface area (Å²) in [6.07, 6.45) is 1.18. The van der Waals surface area contributed by atoms with Gasteiger partial charge in [0.25, 0.3) is 0 Å². The van der Waals surface area contributed by atoms with Gasteiger partial charge < -0.3 is 14.4 Å². The van der Waals surface area contributed by atoms with Crippen molar-refractivity contribution in [3.63, 3.8) is 0 Å². The van der Waals surface area contributed by atoms with Gasteiger partial charge in [-0.25, -0.2) is 14.6 Å². The SMILES string of the molecule is COC(=O)c1c(COC(=O)[C@H]2CS[C@]3(C)CCC(=O)N23)nc2ccccc2c1C. The Hall–Kier alpha value is -2.61. The Morgan fingerprint density at radius 1 is 1.34 bits per heavy atom. The number of carbonyl (C=O) groups excluding carboxylic acids is 3. The van der Waals surface area contributed by atoms with Crippen LogP contribution in [0.2, 0.25) is 0 Å². The van der Waals surface area contributed by atoms with Crippen molar-refractivity contribution in [3.05, 3.63) is 41.1 Å². The van der Waals surface area contributed by atoms with Gasteiger partial charge in [-0.3, -0.25) is 4.79 Å². The number of thioether (sulfide) groups is 1. The fourth-order valence-corrected chi connectivity index (χ4v) is 5.57. The maximum absolute atomic E-state index is 12.8. The summed E-state index contributed by atoms with van der Waals surface area (Å²) < 4.78 is 10.5. The second kappa shape index (κ2) is 7.33. The van der Waals surface area contributed by atoms with Crippen LogP contribution in [0.5, 0.6) is 0 Å². The molecule has 2 aliphatic rings. The molecule has 7 nitrogen and oxygen atoms in total. The summed E-state index contributed by atoms with van der Waals surface area (Å²) in [6.45, 7) is 3.65. The number of nitrogens with zero attached hydrogens (tertiary/aromatic N) is 2. The van der Waals surface area contributed by atoms with Crippen LogP contribution in [0, 0.1) is 6.92 Å². The molecule has 1 amide bonds. The van der Waals surface area contributed by atoms with Crippen LogP contribution in [0.4, 0.5) is 0 Å². The van der Waals surface area contributed by atoms with E-state index >= 15 is 0 Å². The number of aryl methyl sites for hydroxylation is 1. The van der Waals surface area contributed by atoms with Gasteiger partial charge in [-0.2, -0.15) is 0 Å². The Kier molecular flexibility index (Phi) is 4.98. The molecule has 3 heterocycles. The predicted octanol–water partition coefficient (Wildman–Crippen LogP) is 2.83. The van der Waals surface area contributed by atoms with Gasteiger partial charge >= 0.3 is 11.9 Å². The third-order valence-corrected chi connectivity index (χ3v) is 7.19. The Morgan fingerprint density at radius 2 is 2.10 bits per heavy atom.